The van der Waals surface area contributed by atoms with Crippen LogP contribution in [-0.2, 0) is 0 Å². The van der Waals surface area contributed by atoms with Gasteiger partial charge in [-0.25, -0.2) is 0 Å². The zero-order valence-electron chi connectivity index (χ0n) is 10.5. The van der Waals surface area contributed by atoms with Crippen LogP contribution >= 0.6 is 0 Å². The van der Waals surface area contributed by atoms with Crippen LogP contribution in [0.15, 0.2) is 34.9 Å². The molecule has 0 atom stereocenters. The molecule has 0 aliphatic heterocycles. The van der Waals surface area contributed by atoms with E-state index in [1.54, 1.807) is 11.1 Å². The fourth-order valence-electron chi connectivity index (χ4n) is 2.21. The van der Waals surface area contributed by atoms with Gasteiger partial charge in [-0.05, 0) is 58.4 Å². The molecule has 0 unspecified atom stereocenters. The van der Waals surface area contributed by atoms with Crippen molar-refractivity contribution in [1.29, 1.82) is 0 Å². The Balaban J connectivity index is 2.15. The second-order valence-electron chi connectivity index (χ2n) is 4.99. The Morgan fingerprint density at radius 2 is 2.00 bits per heavy atom. The number of hydrogen-bond donors (Lipinski definition) is 0. The molecule has 1 aliphatic carbocycles. The summed E-state index contributed by atoms with van der Waals surface area (Å²) in [6, 6.07) is 0. The number of rotatable bonds is 6. The fourth-order valence-corrected chi connectivity index (χ4v) is 2.21. The van der Waals surface area contributed by atoms with Crippen molar-refractivity contribution in [3.8, 4) is 0 Å². The third-order valence-corrected chi connectivity index (χ3v) is 3.06. The lowest BCUT2D eigenvalue weighted by Gasteiger charge is -2.03. The quantitative estimate of drug-likeness (QED) is 0.413. The molecule has 1 aliphatic rings. The predicted molar refractivity (Wildman–Crippen MR) is 69.0 cm³/mol. The molecule has 1 rings (SSSR count). The summed E-state index contributed by atoms with van der Waals surface area (Å²) in [5, 5.41) is 0. The highest BCUT2D eigenvalue weighted by molar-refractivity contribution is 5.37. The van der Waals surface area contributed by atoms with Crippen molar-refractivity contribution >= 4 is 0 Å². The Morgan fingerprint density at radius 1 is 1.27 bits per heavy atom. The van der Waals surface area contributed by atoms with Crippen molar-refractivity contribution in [1.82, 2.24) is 0 Å². The van der Waals surface area contributed by atoms with E-state index in [1.165, 1.54) is 49.7 Å². The van der Waals surface area contributed by atoms with Gasteiger partial charge in [0.1, 0.15) is 0 Å². The molecule has 0 bridgehead atoms. The molecule has 0 saturated heterocycles. The van der Waals surface area contributed by atoms with E-state index in [0.717, 1.165) is 0 Å². The monoisotopic (exact) mass is 204 g/mol. The van der Waals surface area contributed by atoms with Crippen LogP contribution in [0.5, 0.6) is 0 Å². The maximum Gasteiger partial charge on any atom is -0.0105 e. The lowest BCUT2D eigenvalue weighted by atomic mass is 10.0. The molecular weight excluding hydrogens is 180 g/mol. The van der Waals surface area contributed by atoms with E-state index in [9.17, 15) is 0 Å². The Hall–Kier alpha value is -0.780. The first-order valence-corrected chi connectivity index (χ1v) is 6.10. The maximum absolute atomic E-state index is 3.93. The van der Waals surface area contributed by atoms with Crippen LogP contribution in [0.3, 0.4) is 0 Å². The van der Waals surface area contributed by atoms with Gasteiger partial charge in [0.25, 0.3) is 0 Å². The highest BCUT2D eigenvalue weighted by atomic mass is 14.1. The van der Waals surface area contributed by atoms with Gasteiger partial charge in [0.05, 0.1) is 0 Å². The zero-order valence-corrected chi connectivity index (χ0v) is 10.5. The summed E-state index contributed by atoms with van der Waals surface area (Å²) in [7, 11) is 0. The Morgan fingerprint density at radius 3 is 2.53 bits per heavy atom. The molecule has 0 heterocycles. The van der Waals surface area contributed by atoms with Crippen molar-refractivity contribution in [3.05, 3.63) is 34.9 Å². The average molecular weight is 204 g/mol. The molecule has 0 nitrogen and oxygen atoms in total. The molecule has 84 valence electrons. The van der Waals surface area contributed by atoms with Gasteiger partial charge in [0, 0.05) is 0 Å². The van der Waals surface area contributed by atoms with E-state index in [4.69, 9.17) is 0 Å². The Labute approximate surface area is 94.8 Å². The summed E-state index contributed by atoms with van der Waals surface area (Å²) in [5.41, 5.74) is 6.04. The lowest BCUT2D eigenvalue weighted by Crippen LogP contribution is -1.83. The zero-order chi connectivity index (χ0) is 11.3. The molecule has 0 amide bonds. The van der Waals surface area contributed by atoms with Crippen molar-refractivity contribution in [2.45, 2.75) is 59.3 Å². The number of hydrogen-bond acceptors (Lipinski definition) is 0. The first kappa shape index (κ1) is 12.3. The number of allylic oxidation sites excluding steroid dienone is 5. The van der Waals surface area contributed by atoms with E-state index >= 15 is 0 Å². The van der Waals surface area contributed by atoms with Gasteiger partial charge in [-0.3, -0.25) is 0 Å². The summed E-state index contributed by atoms with van der Waals surface area (Å²) in [6.45, 7) is 10.6. The van der Waals surface area contributed by atoms with Crippen LogP contribution in [-0.4, -0.2) is 0 Å². The molecule has 0 fully saturated rings. The van der Waals surface area contributed by atoms with E-state index in [0.29, 0.717) is 0 Å². The van der Waals surface area contributed by atoms with Gasteiger partial charge in [0.15, 0.2) is 0 Å². The summed E-state index contributed by atoms with van der Waals surface area (Å²) in [6.07, 6.45) is 10.1. The van der Waals surface area contributed by atoms with Crippen LogP contribution in [0.25, 0.3) is 0 Å². The molecule has 0 aromatic heterocycles. The highest BCUT2D eigenvalue weighted by Gasteiger charge is 2.08. The molecular formula is C15H24. The molecule has 0 radical (unpaired) electrons. The Bertz CT molecular complexity index is 289. The maximum atomic E-state index is 3.93. The molecule has 15 heavy (non-hydrogen) atoms. The molecule has 0 aromatic carbocycles. The van der Waals surface area contributed by atoms with Gasteiger partial charge in [0.2, 0.25) is 0 Å². The third kappa shape index (κ3) is 4.51. The summed E-state index contributed by atoms with van der Waals surface area (Å²) >= 11 is 0. The largest absolute Gasteiger partial charge is 0.100 e. The highest BCUT2D eigenvalue weighted by Crippen LogP contribution is 2.28. The smallest absolute Gasteiger partial charge is 0.0105 e. The van der Waals surface area contributed by atoms with Crippen LogP contribution in [0.2, 0.25) is 0 Å². The standard InChI is InChI=1S/C15H24/c1-12(2)8-6-5-7-9-15-11-13(3)10-14(15)4/h11H,1,5-10H2,2-4H3. The minimum Gasteiger partial charge on any atom is -0.100 e. The molecule has 0 heteroatoms. The van der Waals surface area contributed by atoms with Crippen molar-refractivity contribution < 1.29 is 0 Å². The summed E-state index contributed by atoms with van der Waals surface area (Å²) in [5.74, 6) is 0. The number of unbranched alkanes of at least 4 members (excludes halogenated alkanes) is 2. The molecule has 0 spiro atoms. The topological polar surface area (TPSA) is 0 Å². The van der Waals surface area contributed by atoms with Crippen LogP contribution in [0.1, 0.15) is 59.3 Å². The molecule has 0 aromatic rings. The van der Waals surface area contributed by atoms with Gasteiger partial charge >= 0.3 is 0 Å². The van der Waals surface area contributed by atoms with Crippen molar-refractivity contribution in [3.63, 3.8) is 0 Å². The minimum atomic E-state index is 1.20. The SMILES string of the molecule is C=C(C)CCCCCC1=C(C)CC(C)=C1. The summed E-state index contributed by atoms with van der Waals surface area (Å²) < 4.78 is 0. The van der Waals surface area contributed by atoms with E-state index in [-0.39, 0.29) is 0 Å². The van der Waals surface area contributed by atoms with Crippen LogP contribution in [0, 0.1) is 0 Å². The van der Waals surface area contributed by atoms with E-state index in [1.807, 2.05) is 0 Å². The van der Waals surface area contributed by atoms with E-state index < -0.39 is 0 Å². The first-order chi connectivity index (χ1) is 7.09. The minimum absolute atomic E-state index is 1.20. The molecule has 0 saturated carbocycles. The van der Waals surface area contributed by atoms with Gasteiger partial charge < -0.3 is 0 Å². The third-order valence-electron chi connectivity index (χ3n) is 3.06. The van der Waals surface area contributed by atoms with Crippen molar-refractivity contribution in [2.24, 2.45) is 0 Å². The molecule has 0 N–H and O–H groups in total. The second-order valence-corrected chi connectivity index (χ2v) is 4.99. The lowest BCUT2D eigenvalue weighted by molar-refractivity contribution is 0.676. The van der Waals surface area contributed by atoms with E-state index in [2.05, 4.69) is 33.4 Å². The van der Waals surface area contributed by atoms with Crippen LogP contribution in [0.4, 0.5) is 0 Å². The van der Waals surface area contributed by atoms with Gasteiger partial charge in [-0.15, -0.1) is 6.58 Å². The normalized spacial score (nSPS) is 15.8. The van der Waals surface area contributed by atoms with Gasteiger partial charge in [-0.2, -0.15) is 0 Å². The summed E-state index contributed by atoms with van der Waals surface area (Å²) in [4.78, 5) is 0. The second kappa shape index (κ2) is 5.95. The predicted octanol–water partition coefficient (Wildman–Crippen LogP) is 5.18. The van der Waals surface area contributed by atoms with Crippen LogP contribution < -0.4 is 0 Å². The van der Waals surface area contributed by atoms with Gasteiger partial charge in [-0.1, -0.05) is 29.2 Å². The van der Waals surface area contributed by atoms with Crippen molar-refractivity contribution in [2.75, 3.05) is 0 Å². The average Bonchev–Trinajstić information content (AvgIpc) is 2.44. The first-order valence-electron chi connectivity index (χ1n) is 6.10. The Kier molecular flexibility index (Phi) is 4.87. The fraction of sp³-hybridized carbons (Fsp3) is 0.600.